The average molecular weight is 478 g/mol. The summed E-state index contributed by atoms with van der Waals surface area (Å²) in [6.07, 6.45) is -0.555. The second-order valence-electron chi connectivity index (χ2n) is 6.30. The molecule has 0 aliphatic rings. The molecule has 0 fully saturated rings. The molecule has 150 valence electrons. The van der Waals surface area contributed by atoms with E-state index >= 15 is 0 Å². The predicted octanol–water partition coefficient (Wildman–Crippen LogP) is 2.63. The number of rotatable bonds is 10. The first kappa shape index (κ1) is 24.9. The third kappa shape index (κ3) is 10.2. The van der Waals surface area contributed by atoms with Crippen LogP contribution in [-0.2, 0) is 0 Å². The van der Waals surface area contributed by atoms with Crippen molar-refractivity contribution >= 4 is 29.9 Å². The maximum absolute atomic E-state index is 10.4. The fraction of sp³-hybridized carbons (Fsp3) is 0.632. The van der Waals surface area contributed by atoms with Crippen molar-refractivity contribution in [3.05, 3.63) is 29.8 Å². The average Bonchev–Trinajstić information content (AvgIpc) is 2.58. The molecule has 0 saturated heterocycles. The maximum atomic E-state index is 10.4. The van der Waals surface area contributed by atoms with Crippen LogP contribution in [0.25, 0.3) is 0 Å². The lowest BCUT2D eigenvalue weighted by Gasteiger charge is -2.17. The number of nitrogens with zero attached hydrogens (tertiary/aromatic N) is 2. The summed E-state index contributed by atoms with van der Waals surface area (Å²) < 4.78 is 5.68. The van der Waals surface area contributed by atoms with E-state index in [1.54, 1.807) is 0 Å². The van der Waals surface area contributed by atoms with Gasteiger partial charge in [0, 0.05) is 19.6 Å². The molecular weight excluding hydrogens is 443 g/mol. The molecular formula is C19H35IN4O2. The van der Waals surface area contributed by atoms with E-state index < -0.39 is 6.10 Å². The van der Waals surface area contributed by atoms with Gasteiger partial charge in [0.1, 0.15) is 5.75 Å². The van der Waals surface area contributed by atoms with Gasteiger partial charge in [0.05, 0.1) is 18.8 Å². The minimum Gasteiger partial charge on any atom is -0.491 e. The monoisotopic (exact) mass is 478 g/mol. The van der Waals surface area contributed by atoms with Gasteiger partial charge in [-0.25, -0.2) is 0 Å². The van der Waals surface area contributed by atoms with Gasteiger partial charge in [-0.05, 0) is 52.1 Å². The second kappa shape index (κ2) is 14.1. The third-order valence-electron chi connectivity index (χ3n) is 3.71. The zero-order chi connectivity index (χ0) is 18.7. The van der Waals surface area contributed by atoms with Crippen LogP contribution < -0.4 is 15.4 Å². The Bertz CT molecular complexity index is 526. The summed E-state index contributed by atoms with van der Waals surface area (Å²) in [4.78, 5) is 6.72. The van der Waals surface area contributed by atoms with Crippen LogP contribution in [0.1, 0.15) is 39.4 Å². The first-order chi connectivity index (χ1) is 12.0. The summed E-state index contributed by atoms with van der Waals surface area (Å²) in [5.41, 5.74) is 0.809. The minimum absolute atomic E-state index is 0. The molecule has 7 heteroatoms. The molecule has 0 spiro atoms. The Morgan fingerprint density at radius 2 is 2.00 bits per heavy atom. The summed E-state index contributed by atoms with van der Waals surface area (Å²) in [6.45, 7) is 12.0. The van der Waals surface area contributed by atoms with Crippen LogP contribution in [0.15, 0.2) is 29.3 Å². The highest BCUT2D eigenvalue weighted by molar-refractivity contribution is 14.0. The molecule has 3 N–H and O–H groups in total. The highest BCUT2D eigenvalue weighted by Crippen LogP contribution is 2.20. The van der Waals surface area contributed by atoms with E-state index in [9.17, 15) is 5.11 Å². The van der Waals surface area contributed by atoms with Gasteiger partial charge in [0.25, 0.3) is 0 Å². The van der Waals surface area contributed by atoms with Gasteiger partial charge >= 0.3 is 0 Å². The largest absolute Gasteiger partial charge is 0.491 e. The van der Waals surface area contributed by atoms with E-state index in [1.807, 2.05) is 45.0 Å². The number of hydrogen-bond donors (Lipinski definition) is 3. The predicted molar refractivity (Wildman–Crippen MR) is 120 cm³/mol. The Labute approximate surface area is 175 Å². The number of nitrogens with one attached hydrogen (secondary N) is 2. The molecule has 1 aromatic rings. The Morgan fingerprint density at radius 3 is 2.62 bits per heavy atom. The fourth-order valence-electron chi connectivity index (χ4n) is 2.22. The Balaban J connectivity index is 0.00000625. The molecule has 1 rings (SSSR count). The molecule has 0 radical (unpaired) electrons. The van der Waals surface area contributed by atoms with E-state index in [0.29, 0.717) is 6.54 Å². The zero-order valence-corrected chi connectivity index (χ0v) is 19.0. The van der Waals surface area contributed by atoms with Gasteiger partial charge in [-0.3, -0.25) is 4.99 Å². The molecule has 0 aromatic heterocycles. The van der Waals surface area contributed by atoms with Crippen LogP contribution in [0.5, 0.6) is 5.75 Å². The van der Waals surface area contributed by atoms with Gasteiger partial charge in [-0.1, -0.05) is 19.1 Å². The van der Waals surface area contributed by atoms with E-state index in [-0.39, 0.29) is 30.1 Å². The Hall–Kier alpha value is -1.06. The van der Waals surface area contributed by atoms with Gasteiger partial charge < -0.3 is 25.4 Å². The summed E-state index contributed by atoms with van der Waals surface area (Å²) in [5, 5.41) is 16.9. The molecule has 26 heavy (non-hydrogen) atoms. The van der Waals surface area contributed by atoms with E-state index in [4.69, 9.17) is 4.74 Å². The number of benzene rings is 1. The van der Waals surface area contributed by atoms with Crippen LogP contribution in [0, 0.1) is 0 Å². The summed E-state index contributed by atoms with van der Waals surface area (Å²) >= 11 is 0. The summed E-state index contributed by atoms with van der Waals surface area (Å²) in [7, 11) is 2.09. The lowest BCUT2D eigenvalue weighted by molar-refractivity contribution is 0.185. The quantitative estimate of drug-likeness (QED) is 0.274. The Kier molecular flexibility index (Phi) is 13.5. The molecule has 1 atom stereocenters. The van der Waals surface area contributed by atoms with E-state index in [1.165, 1.54) is 0 Å². The van der Waals surface area contributed by atoms with E-state index in [2.05, 4.69) is 34.5 Å². The molecule has 0 aliphatic heterocycles. The lowest BCUT2D eigenvalue weighted by atomic mass is 10.1. The van der Waals surface area contributed by atoms with Crippen LogP contribution in [0.4, 0.5) is 0 Å². The van der Waals surface area contributed by atoms with Crippen LogP contribution in [0.3, 0.4) is 0 Å². The molecule has 1 aromatic carbocycles. The Morgan fingerprint density at radius 1 is 1.27 bits per heavy atom. The molecule has 0 amide bonds. The van der Waals surface area contributed by atoms with E-state index in [0.717, 1.165) is 43.5 Å². The fourth-order valence-corrected chi connectivity index (χ4v) is 2.22. The van der Waals surface area contributed by atoms with Gasteiger partial charge in [-0.2, -0.15) is 0 Å². The standard InChI is InChI=1S/C19H34N4O2.HI/c1-6-20-19(21-11-12-23(5)7-2)22-14-18(24)16-9-8-10-17(13-16)25-15(3)4;/h8-10,13,15,18,24H,6-7,11-12,14H2,1-5H3,(H2,20,21,22);1H. The van der Waals surface area contributed by atoms with Crippen molar-refractivity contribution in [3.63, 3.8) is 0 Å². The van der Waals surface area contributed by atoms with Crippen LogP contribution >= 0.6 is 24.0 Å². The minimum atomic E-state index is -0.663. The van der Waals surface area contributed by atoms with Gasteiger partial charge in [0.2, 0.25) is 0 Å². The molecule has 0 heterocycles. The number of hydrogen-bond acceptors (Lipinski definition) is 4. The highest BCUT2D eigenvalue weighted by atomic mass is 127. The molecule has 0 saturated carbocycles. The number of aliphatic hydroxyl groups is 1. The number of aliphatic imine (C=N–C) groups is 1. The SMILES string of the molecule is CCNC(=NCC(O)c1cccc(OC(C)C)c1)NCCN(C)CC.I. The van der Waals surface area contributed by atoms with Crippen molar-refractivity contribution in [2.24, 2.45) is 4.99 Å². The molecule has 0 aliphatic carbocycles. The second-order valence-corrected chi connectivity index (χ2v) is 6.30. The molecule has 6 nitrogen and oxygen atoms in total. The number of likely N-dealkylation sites (N-methyl/N-ethyl adjacent to an activating group) is 1. The van der Waals surface area contributed by atoms with Gasteiger partial charge in [-0.15, -0.1) is 24.0 Å². The molecule has 0 bridgehead atoms. The number of guanidine groups is 1. The summed E-state index contributed by atoms with van der Waals surface area (Å²) in [6, 6.07) is 7.56. The van der Waals surface area contributed by atoms with Crippen LogP contribution in [-0.4, -0.2) is 61.8 Å². The van der Waals surface area contributed by atoms with Crippen molar-refractivity contribution in [2.45, 2.75) is 39.9 Å². The number of ether oxygens (including phenoxy) is 1. The first-order valence-corrected chi connectivity index (χ1v) is 9.11. The van der Waals surface area contributed by atoms with Gasteiger partial charge in [0.15, 0.2) is 5.96 Å². The molecule has 1 unspecified atom stereocenters. The van der Waals surface area contributed by atoms with Crippen molar-refractivity contribution in [3.8, 4) is 5.75 Å². The van der Waals surface area contributed by atoms with Crippen molar-refractivity contribution < 1.29 is 9.84 Å². The number of aliphatic hydroxyl groups excluding tert-OH is 1. The number of halogens is 1. The normalized spacial score (nSPS) is 12.7. The van der Waals surface area contributed by atoms with Crippen molar-refractivity contribution in [1.82, 2.24) is 15.5 Å². The zero-order valence-electron chi connectivity index (χ0n) is 16.7. The van der Waals surface area contributed by atoms with Crippen molar-refractivity contribution in [1.29, 1.82) is 0 Å². The van der Waals surface area contributed by atoms with Crippen molar-refractivity contribution in [2.75, 3.05) is 39.8 Å². The third-order valence-corrected chi connectivity index (χ3v) is 3.71. The topological polar surface area (TPSA) is 69.1 Å². The highest BCUT2D eigenvalue weighted by Gasteiger charge is 2.09. The smallest absolute Gasteiger partial charge is 0.191 e. The first-order valence-electron chi connectivity index (χ1n) is 9.11. The summed E-state index contributed by atoms with van der Waals surface area (Å²) in [5.74, 6) is 1.49. The maximum Gasteiger partial charge on any atom is 0.191 e. The lowest BCUT2D eigenvalue weighted by Crippen LogP contribution is -2.41. The van der Waals surface area contributed by atoms with Crippen LogP contribution in [0.2, 0.25) is 0 Å².